The van der Waals surface area contributed by atoms with Crippen LogP contribution in [-0.4, -0.2) is 34.7 Å². The molecule has 1 aliphatic carbocycles. The Balaban J connectivity index is 1.70. The van der Waals surface area contributed by atoms with E-state index >= 15 is 0 Å². The molecule has 0 aliphatic heterocycles. The molecular weight excluding hydrogens is 474 g/mol. The second-order valence-corrected chi connectivity index (χ2v) is 8.82. The normalized spacial score (nSPS) is 12.6. The van der Waals surface area contributed by atoms with Crippen LogP contribution in [0.15, 0.2) is 76.5 Å². The molecule has 1 aromatic heterocycles. The minimum absolute atomic E-state index is 0.0238. The highest BCUT2D eigenvalue weighted by molar-refractivity contribution is 7.71. The molecule has 8 heteroatoms. The third kappa shape index (κ3) is 4.31. The summed E-state index contributed by atoms with van der Waals surface area (Å²) in [6.07, 6.45) is 4.65. The quantitative estimate of drug-likeness (QED) is 0.287. The van der Waals surface area contributed by atoms with Gasteiger partial charge in [-0.05, 0) is 103 Å². The van der Waals surface area contributed by atoms with Crippen molar-refractivity contribution in [2.24, 2.45) is 4.99 Å². The molecule has 3 aromatic carbocycles. The molecule has 182 valence electrons. The zero-order valence-corrected chi connectivity index (χ0v) is 20.8. The Morgan fingerprint density at radius 3 is 2.06 bits per heavy atom. The Bertz CT molecular complexity index is 1570. The number of benzene rings is 3. The molecule has 0 spiro atoms. The van der Waals surface area contributed by atoms with Crippen LogP contribution in [0.25, 0.3) is 11.4 Å². The number of aliphatic imine (C=N–C) groups is 1. The van der Waals surface area contributed by atoms with Crippen molar-refractivity contribution < 1.29 is 14.6 Å². The number of fused-ring (bicyclic) bond motifs is 1. The standard InChI is InChI=1S/C28H25N3O4S/c1-34-23-12-8-21(9-13-23)30-26(32)25(17-29-20-7-6-18-4-3-5-19(18)16-20)27(33)31(28(30)36)22-10-14-24(35-2)15-11-22/h6-17,32H,3-5H2,1-2H3. The number of aromatic nitrogens is 2. The number of ether oxygens (including phenoxy) is 2. The van der Waals surface area contributed by atoms with Gasteiger partial charge in [-0.3, -0.25) is 18.9 Å². The summed E-state index contributed by atoms with van der Waals surface area (Å²) in [5, 5.41) is 11.3. The topological polar surface area (TPSA) is 78.0 Å². The van der Waals surface area contributed by atoms with Gasteiger partial charge in [-0.2, -0.15) is 0 Å². The molecule has 1 aliphatic rings. The van der Waals surface area contributed by atoms with Crippen LogP contribution in [0.3, 0.4) is 0 Å². The van der Waals surface area contributed by atoms with E-state index in [0.29, 0.717) is 22.9 Å². The van der Waals surface area contributed by atoms with Gasteiger partial charge in [-0.1, -0.05) is 6.07 Å². The van der Waals surface area contributed by atoms with Crippen LogP contribution in [-0.2, 0) is 12.8 Å². The van der Waals surface area contributed by atoms with Crippen LogP contribution < -0.4 is 15.0 Å². The monoisotopic (exact) mass is 499 g/mol. The number of aromatic hydroxyl groups is 1. The first kappa shape index (κ1) is 23.6. The maximum atomic E-state index is 13.6. The largest absolute Gasteiger partial charge is 0.497 e. The van der Waals surface area contributed by atoms with E-state index in [0.717, 1.165) is 24.9 Å². The first-order valence-electron chi connectivity index (χ1n) is 11.6. The molecule has 5 rings (SSSR count). The smallest absolute Gasteiger partial charge is 0.271 e. The number of hydrogen-bond donors (Lipinski definition) is 1. The predicted octanol–water partition coefficient (Wildman–Crippen LogP) is 5.32. The van der Waals surface area contributed by atoms with Crippen LogP contribution in [0, 0.1) is 4.77 Å². The fraction of sp³-hybridized carbons (Fsp3) is 0.179. The SMILES string of the molecule is COc1ccc(-n2c(O)c(C=Nc3ccc4c(c3)CCC4)c(=O)n(-c3ccc(OC)cc3)c2=S)cc1. The highest BCUT2D eigenvalue weighted by Gasteiger charge is 2.19. The third-order valence-corrected chi connectivity index (χ3v) is 6.72. The summed E-state index contributed by atoms with van der Waals surface area (Å²) in [5.74, 6) is 1.02. The van der Waals surface area contributed by atoms with Crippen molar-refractivity contribution in [3.63, 3.8) is 0 Å². The molecule has 0 amide bonds. The highest BCUT2D eigenvalue weighted by atomic mass is 32.1. The van der Waals surface area contributed by atoms with E-state index in [9.17, 15) is 9.90 Å². The lowest BCUT2D eigenvalue weighted by Gasteiger charge is -2.17. The Morgan fingerprint density at radius 2 is 1.44 bits per heavy atom. The second kappa shape index (κ2) is 9.83. The van der Waals surface area contributed by atoms with Crippen LogP contribution in [0.4, 0.5) is 5.69 Å². The molecule has 0 unspecified atom stereocenters. The van der Waals surface area contributed by atoms with E-state index in [1.165, 1.54) is 26.5 Å². The zero-order chi connectivity index (χ0) is 25.2. The lowest BCUT2D eigenvalue weighted by molar-refractivity contribution is 0.414. The predicted molar refractivity (Wildman–Crippen MR) is 143 cm³/mol. The number of aryl methyl sites for hydroxylation is 2. The van der Waals surface area contributed by atoms with E-state index in [1.807, 2.05) is 12.1 Å². The number of rotatable bonds is 6. The van der Waals surface area contributed by atoms with Crippen LogP contribution in [0.1, 0.15) is 23.1 Å². The average Bonchev–Trinajstić information content (AvgIpc) is 3.37. The Kier molecular flexibility index (Phi) is 6.43. The molecular formula is C28H25N3O4S. The van der Waals surface area contributed by atoms with Gasteiger partial charge in [0.05, 0.1) is 31.3 Å². The van der Waals surface area contributed by atoms with E-state index in [1.54, 1.807) is 62.8 Å². The van der Waals surface area contributed by atoms with Gasteiger partial charge in [0, 0.05) is 6.21 Å². The lowest BCUT2D eigenvalue weighted by atomic mass is 10.1. The summed E-state index contributed by atoms with van der Waals surface area (Å²) in [5.41, 5.74) is 4.01. The molecule has 36 heavy (non-hydrogen) atoms. The Labute approximate surface area is 213 Å². The van der Waals surface area contributed by atoms with Crippen molar-refractivity contribution in [2.45, 2.75) is 19.3 Å². The molecule has 0 fully saturated rings. The molecule has 4 aromatic rings. The summed E-state index contributed by atoms with van der Waals surface area (Å²) < 4.78 is 13.4. The van der Waals surface area contributed by atoms with Gasteiger partial charge in [0.1, 0.15) is 17.1 Å². The van der Waals surface area contributed by atoms with Gasteiger partial charge in [0.2, 0.25) is 5.88 Å². The first-order valence-corrected chi connectivity index (χ1v) is 12.0. The molecule has 0 saturated carbocycles. The van der Waals surface area contributed by atoms with Crippen molar-refractivity contribution in [2.75, 3.05) is 14.2 Å². The minimum Gasteiger partial charge on any atom is -0.497 e. The minimum atomic E-state index is -0.475. The molecule has 1 N–H and O–H groups in total. The molecule has 0 atom stereocenters. The fourth-order valence-electron chi connectivity index (χ4n) is 4.43. The van der Waals surface area contributed by atoms with Crippen molar-refractivity contribution in [1.29, 1.82) is 0 Å². The van der Waals surface area contributed by atoms with E-state index < -0.39 is 5.56 Å². The number of nitrogens with zero attached hydrogens (tertiary/aromatic N) is 3. The molecule has 0 saturated heterocycles. The van der Waals surface area contributed by atoms with Crippen molar-refractivity contribution in [3.8, 4) is 28.8 Å². The molecule has 0 radical (unpaired) electrons. The van der Waals surface area contributed by atoms with Gasteiger partial charge in [0.25, 0.3) is 5.56 Å². The van der Waals surface area contributed by atoms with Crippen molar-refractivity contribution >= 4 is 24.1 Å². The number of methoxy groups -OCH3 is 2. The van der Waals surface area contributed by atoms with Crippen LogP contribution in [0.5, 0.6) is 17.4 Å². The van der Waals surface area contributed by atoms with Gasteiger partial charge >= 0.3 is 0 Å². The van der Waals surface area contributed by atoms with Crippen LogP contribution in [0.2, 0.25) is 0 Å². The van der Waals surface area contributed by atoms with E-state index in [-0.39, 0.29) is 16.2 Å². The summed E-state index contributed by atoms with van der Waals surface area (Å²) in [4.78, 5) is 18.2. The van der Waals surface area contributed by atoms with E-state index in [4.69, 9.17) is 21.7 Å². The Morgan fingerprint density at radius 1 is 0.861 bits per heavy atom. The van der Waals surface area contributed by atoms with Crippen LogP contribution >= 0.6 is 12.2 Å². The van der Waals surface area contributed by atoms with Gasteiger partial charge < -0.3 is 14.6 Å². The highest BCUT2D eigenvalue weighted by Crippen LogP contribution is 2.27. The molecule has 7 nitrogen and oxygen atoms in total. The second-order valence-electron chi connectivity index (χ2n) is 8.46. The zero-order valence-electron chi connectivity index (χ0n) is 20.0. The summed E-state index contributed by atoms with van der Waals surface area (Å²) in [7, 11) is 3.15. The number of hydrogen-bond acceptors (Lipinski definition) is 6. The van der Waals surface area contributed by atoms with Crippen molar-refractivity contribution in [1.82, 2.24) is 9.13 Å². The summed E-state index contributed by atoms with van der Waals surface area (Å²) in [6, 6.07) is 20.1. The maximum absolute atomic E-state index is 13.6. The summed E-state index contributed by atoms with van der Waals surface area (Å²) in [6.45, 7) is 0. The van der Waals surface area contributed by atoms with Crippen molar-refractivity contribution in [3.05, 3.63) is 98.5 Å². The Hall–Kier alpha value is -4.17. The maximum Gasteiger partial charge on any atom is 0.271 e. The average molecular weight is 500 g/mol. The molecule has 1 heterocycles. The first-order chi connectivity index (χ1) is 17.5. The van der Waals surface area contributed by atoms with Gasteiger partial charge in [0.15, 0.2) is 4.77 Å². The van der Waals surface area contributed by atoms with E-state index in [2.05, 4.69) is 11.1 Å². The molecule has 0 bridgehead atoms. The lowest BCUT2D eigenvalue weighted by Crippen LogP contribution is -2.27. The third-order valence-electron chi connectivity index (χ3n) is 6.35. The van der Waals surface area contributed by atoms with Gasteiger partial charge in [-0.15, -0.1) is 0 Å². The summed E-state index contributed by atoms with van der Waals surface area (Å²) >= 11 is 5.70. The van der Waals surface area contributed by atoms with Gasteiger partial charge in [-0.25, -0.2) is 0 Å². The fourth-order valence-corrected chi connectivity index (χ4v) is 4.81.